The van der Waals surface area contributed by atoms with Crippen molar-refractivity contribution < 1.29 is 32.2 Å². The molecule has 4 N–H and O–H groups in total. The monoisotopic (exact) mass is 541 g/mol. The number of hydrogen-bond donors (Lipinski definition) is 3. The van der Waals surface area contributed by atoms with Crippen LogP contribution in [0.4, 0.5) is 23.2 Å². The molecule has 6 nitrogen and oxygen atoms in total. The average molecular weight is 542 g/mol. The summed E-state index contributed by atoms with van der Waals surface area (Å²) in [7, 11) is 1.46. The summed E-state index contributed by atoms with van der Waals surface area (Å²) in [4.78, 5) is 17.3. The first-order valence-corrected chi connectivity index (χ1v) is 12.4. The molecule has 2 atom stereocenters. The van der Waals surface area contributed by atoms with Crippen LogP contribution in [0.15, 0.2) is 48.5 Å². The van der Waals surface area contributed by atoms with Gasteiger partial charge >= 0.3 is 6.18 Å². The van der Waals surface area contributed by atoms with Crippen LogP contribution in [0.1, 0.15) is 52.5 Å². The highest BCUT2D eigenvalue weighted by molar-refractivity contribution is 5.97. The normalized spacial score (nSPS) is 19.3. The van der Waals surface area contributed by atoms with Crippen molar-refractivity contribution in [2.24, 2.45) is 5.73 Å². The number of allylic oxidation sites excluding steroid dienone is 1. The van der Waals surface area contributed by atoms with Gasteiger partial charge in [-0.3, -0.25) is 4.79 Å². The van der Waals surface area contributed by atoms with Crippen LogP contribution in [0.25, 0.3) is 17.3 Å². The highest BCUT2D eigenvalue weighted by Crippen LogP contribution is 2.47. The number of fused-ring (bicyclic) bond motifs is 2. The van der Waals surface area contributed by atoms with Crippen LogP contribution in [-0.2, 0) is 17.6 Å². The van der Waals surface area contributed by atoms with E-state index in [1.165, 1.54) is 37.4 Å². The molecule has 0 saturated carbocycles. The molecule has 0 amide bonds. The molecule has 204 valence electrons. The summed E-state index contributed by atoms with van der Waals surface area (Å²) in [6, 6.07) is 9.38. The molecule has 0 radical (unpaired) electrons. The Morgan fingerprint density at radius 1 is 1.21 bits per heavy atom. The molecule has 1 aliphatic heterocycles. The fourth-order valence-corrected chi connectivity index (χ4v) is 5.10. The molecule has 2 aliphatic rings. The van der Waals surface area contributed by atoms with Gasteiger partial charge in [0.2, 0.25) is 5.60 Å². The average Bonchev–Trinajstić information content (AvgIpc) is 3.49. The fourth-order valence-electron chi connectivity index (χ4n) is 5.10. The molecule has 5 rings (SSSR count). The summed E-state index contributed by atoms with van der Waals surface area (Å²) in [6.07, 6.45) is -2.37. The smallest absolute Gasteiger partial charge is 0.422 e. The molecule has 0 fully saturated rings. The maximum Gasteiger partial charge on any atom is 0.422 e. The number of pyridine rings is 1. The topological polar surface area (TPSA) is 97.5 Å². The Balaban J connectivity index is 1.55. The number of alkyl halides is 3. The minimum absolute atomic E-state index is 0.0980. The Bertz CT molecular complexity index is 1480. The van der Waals surface area contributed by atoms with Crippen LogP contribution in [0.3, 0.4) is 0 Å². The molecular weight excluding hydrogens is 514 g/mol. The number of rotatable bonds is 7. The third-order valence-corrected chi connectivity index (χ3v) is 7.40. The Morgan fingerprint density at radius 3 is 2.59 bits per heavy atom. The highest BCUT2D eigenvalue weighted by atomic mass is 19.4. The van der Waals surface area contributed by atoms with Gasteiger partial charge in [-0.05, 0) is 67.8 Å². The number of nitrogens with one attached hydrogen (secondary N) is 1. The number of carbonyl (C=O) groups excluding carboxylic acids is 1. The van der Waals surface area contributed by atoms with Gasteiger partial charge in [-0.15, -0.1) is 0 Å². The van der Waals surface area contributed by atoms with Crippen LogP contribution in [0, 0.1) is 5.82 Å². The quantitative estimate of drug-likeness (QED) is 0.271. The van der Waals surface area contributed by atoms with Crippen molar-refractivity contribution in [2.45, 2.75) is 43.5 Å². The summed E-state index contributed by atoms with van der Waals surface area (Å²) in [5.74, 6) is -0.623. The standard InChI is InChI=1S/C29H27F4N3O3/c1-27(34)15-35-26-21(27)14-24(36-25(26)16-6-8-19(30)9-7-16)28(38,29(31,32)33)11-10-22(37)18-12-17-4-3-5-20(17)23(13-18)39-2/h3-4,6-9,12-14,35,38H,5,10-11,15,34H2,1-2H3/t27-,28-/m1/s1. The van der Waals surface area contributed by atoms with Crippen molar-refractivity contribution >= 4 is 17.5 Å². The number of aromatic nitrogens is 1. The zero-order valence-electron chi connectivity index (χ0n) is 21.3. The number of nitrogens with zero attached hydrogens (tertiary/aromatic N) is 1. The Kier molecular flexibility index (Phi) is 6.51. The second-order valence-electron chi connectivity index (χ2n) is 10.2. The minimum atomic E-state index is -5.16. The molecule has 1 aromatic heterocycles. The van der Waals surface area contributed by atoms with Crippen LogP contribution in [0.2, 0.25) is 0 Å². The predicted octanol–water partition coefficient (Wildman–Crippen LogP) is 5.48. The van der Waals surface area contributed by atoms with E-state index in [2.05, 4.69) is 10.3 Å². The molecule has 0 unspecified atom stereocenters. The van der Waals surface area contributed by atoms with E-state index < -0.39 is 47.5 Å². The number of aliphatic hydroxyl groups is 1. The first-order valence-electron chi connectivity index (χ1n) is 12.4. The number of ketones is 1. The number of halogens is 4. The number of Topliss-reactive ketones (excluding diaryl/α,β-unsaturated/α-hetero) is 1. The third kappa shape index (κ3) is 4.68. The Labute approximate surface area is 222 Å². The summed E-state index contributed by atoms with van der Waals surface area (Å²) >= 11 is 0. The molecule has 0 spiro atoms. The Hall–Kier alpha value is -3.76. The van der Waals surface area contributed by atoms with Crippen molar-refractivity contribution in [3.63, 3.8) is 0 Å². The molecular formula is C29H27F4N3O3. The highest BCUT2D eigenvalue weighted by Gasteiger charge is 2.56. The number of hydrogen-bond acceptors (Lipinski definition) is 6. The van der Waals surface area contributed by atoms with E-state index in [1.54, 1.807) is 13.0 Å². The zero-order chi connectivity index (χ0) is 28.2. The van der Waals surface area contributed by atoms with Gasteiger partial charge < -0.3 is 20.9 Å². The number of carbonyl (C=O) groups is 1. The second-order valence-corrected chi connectivity index (χ2v) is 10.2. The van der Waals surface area contributed by atoms with Gasteiger partial charge in [-0.1, -0.05) is 12.2 Å². The maximum atomic E-state index is 14.5. The molecule has 39 heavy (non-hydrogen) atoms. The van der Waals surface area contributed by atoms with E-state index in [-0.39, 0.29) is 17.8 Å². The maximum absolute atomic E-state index is 14.5. The molecule has 2 heterocycles. The lowest BCUT2D eigenvalue weighted by molar-refractivity contribution is -0.270. The number of anilines is 1. The van der Waals surface area contributed by atoms with Crippen molar-refractivity contribution in [3.8, 4) is 17.0 Å². The van der Waals surface area contributed by atoms with Gasteiger partial charge in [-0.2, -0.15) is 13.2 Å². The first-order chi connectivity index (χ1) is 18.3. The van der Waals surface area contributed by atoms with Gasteiger partial charge in [0.1, 0.15) is 11.6 Å². The lowest BCUT2D eigenvalue weighted by atomic mass is 9.86. The molecule has 0 bridgehead atoms. The van der Waals surface area contributed by atoms with Crippen LogP contribution in [-0.4, -0.2) is 35.7 Å². The summed E-state index contributed by atoms with van der Waals surface area (Å²) in [5, 5.41) is 14.3. The summed E-state index contributed by atoms with van der Waals surface area (Å²) in [6.45, 7) is 1.87. The molecule has 3 aromatic rings. The molecule has 10 heteroatoms. The predicted molar refractivity (Wildman–Crippen MR) is 139 cm³/mol. The number of methoxy groups -OCH3 is 1. The molecule has 0 saturated heterocycles. The van der Waals surface area contributed by atoms with Crippen LogP contribution in [0.5, 0.6) is 5.75 Å². The van der Waals surface area contributed by atoms with Crippen LogP contribution < -0.4 is 15.8 Å². The Morgan fingerprint density at radius 2 is 1.92 bits per heavy atom. The lowest BCUT2D eigenvalue weighted by Crippen LogP contribution is -2.44. The van der Waals surface area contributed by atoms with Crippen LogP contribution >= 0.6 is 0 Å². The SMILES string of the molecule is COc1cc(C(=O)CC[C@@](O)(c2cc3c(c(-c4ccc(F)cc4)n2)NC[C@@]3(C)N)C(F)(F)F)cc2c1CC=C2. The first kappa shape index (κ1) is 26.8. The van der Waals surface area contributed by atoms with E-state index in [0.29, 0.717) is 29.0 Å². The third-order valence-electron chi connectivity index (χ3n) is 7.40. The number of ether oxygens (including phenoxy) is 1. The zero-order valence-corrected chi connectivity index (χ0v) is 21.3. The summed E-state index contributed by atoms with van der Waals surface area (Å²) in [5.41, 5.74) is 4.21. The van der Waals surface area contributed by atoms with Crippen molar-refractivity contribution in [3.05, 3.63) is 82.3 Å². The minimum Gasteiger partial charge on any atom is -0.496 e. The van der Waals surface area contributed by atoms with Gasteiger partial charge in [0.15, 0.2) is 5.78 Å². The van der Waals surface area contributed by atoms with Crippen molar-refractivity contribution in [2.75, 3.05) is 19.0 Å². The van der Waals surface area contributed by atoms with E-state index in [9.17, 15) is 27.5 Å². The number of benzene rings is 2. The summed E-state index contributed by atoms with van der Waals surface area (Å²) < 4.78 is 62.6. The van der Waals surface area contributed by atoms with E-state index in [0.717, 1.165) is 17.2 Å². The fraction of sp³-hybridized carbons (Fsp3) is 0.310. The molecule has 1 aliphatic carbocycles. The van der Waals surface area contributed by atoms with E-state index in [4.69, 9.17) is 10.5 Å². The van der Waals surface area contributed by atoms with E-state index >= 15 is 0 Å². The second kappa shape index (κ2) is 9.46. The van der Waals surface area contributed by atoms with Gasteiger partial charge in [0.05, 0.1) is 29.7 Å². The van der Waals surface area contributed by atoms with Crippen molar-refractivity contribution in [1.29, 1.82) is 0 Å². The van der Waals surface area contributed by atoms with Crippen molar-refractivity contribution in [1.82, 2.24) is 4.98 Å². The van der Waals surface area contributed by atoms with Gasteiger partial charge in [0, 0.05) is 35.2 Å². The number of nitrogens with two attached hydrogens (primary N) is 1. The van der Waals surface area contributed by atoms with Gasteiger partial charge in [-0.25, -0.2) is 9.37 Å². The lowest BCUT2D eigenvalue weighted by Gasteiger charge is -2.31. The largest absolute Gasteiger partial charge is 0.496 e. The van der Waals surface area contributed by atoms with Gasteiger partial charge in [0.25, 0.3) is 0 Å². The molecule has 2 aromatic carbocycles. The van der Waals surface area contributed by atoms with E-state index in [1.807, 2.05) is 12.2 Å².